The molecular weight excluding hydrogens is 366 g/mol. The molecule has 1 fully saturated rings. The molecule has 0 aliphatic heterocycles. The van der Waals surface area contributed by atoms with Crippen molar-refractivity contribution in [3.63, 3.8) is 0 Å². The van der Waals surface area contributed by atoms with Crippen LogP contribution in [0.4, 0.5) is 0 Å². The third-order valence-corrected chi connectivity index (χ3v) is 6.98. The highest BCUT2D eigenvalue weighted by atomic mass is 16.3. The van der Waals surface area contributed by atoms with Gasteiger partial charge in [0, 0.05) is 27.8 Å². The highest BCUT2D eigenvalue weighted by molar-refractivity contribution is 6.17. The molecule has 0 spiro atoms. The van der Waals surface area contributed by atoms with Gasteiger partial charge in [-0.15, -0.1) is 0 Å². The summed E-state index contributed by atoms with van der Waals surface area (Å²) in [6.07, 6.45) is 7.71. The zero-order valence-corrected chi connectivity index (χ0v) is 17.6. The lowest BCUT2D eigenvalue weighted by atomic mass is 9.96. The lowest BCUT2D eigenvalue weighted by Gasteiger charge is -2.10. The Hall–Kier alpha value is -3.13. The fourth-order valence-corrected chi connectivity index (χ4v) is 5.37. The van der Waals surface area contributed by atoms with Gasteiger partial charge in [0.25, 0.3) is 0 Å². The molecule has 0 bridgehead atoms. The maximum atomic E-state index is 6.60. The second-order valence-electron chi connectivity index (χ2n) is 8.84. The van der Waals surface area contributed by atoms with Gasteiger partial charge < -0.3 is 4.42 Å². The molecule has 6 rings (SSSR count). The van der Waals surface area contributed by atoms with Crippen LogP contribution in [0.1, 0.15) is 42.7 Å². The van der Waals surface area contributed by atoms with Crippen molar-refractivity contribution in [2.24, 2.45) is 7.05 Å². The van der Waals surface area contributed by atoms with E-state index in [1.165, 1.54) is 69.6 Å². The molecule has 30 heavy (non-hydrogen) atoms. The van der Waals surface area contributed by atoms with Crippen LogP contribution in [-0.4, -0.2) is 0 Å². The van der Waals surface area contributed by atoms with Crippen LogP contribution in [-0.2, 0) is 7.05 Å². The standard InChI is InChI=1S/C28H26NO/c1-18-11-14-24-23-15-12-20-9-5-6-10-22(20)27(23)30-28(24)26(18)25-16-13-21(17-29(25)2)19-7-3-4-8-19/h5-6,9-17,19H,3-4,7-8H2,1-2H3/q+1. The number of nitrogens with zero attached hydrogens (tertiary/aromatic N) is 1. The van der Waals surface area contributed by atoms with E-state index in [0.29, 0.717) is 0 Å². The molecule has 1 aliphatic rings. The SMILES string of the molecule is Cc1ccc2c(oc3c4ccccc4ccc23)c1-c1ccc(C2CCCC2)c[n+]1C. The highest BCUT2D eigenvalue weighted by Crippen LogP contribution is 2.40. The summed E-state index contributed by atoms with van der Waals surface area (Å²) in [7, 11) is 2.17. The first kappa shape index (κ1) is 17.7. The molecule has 3 aromatic carbocycles. The van der Waals surface area contributed by atoms with Gasteiger partial charge in [-0.1, -0.05) is 55.3 Å². The molecule has 5 aromatic rings. The molecule has 0 atom stereocenters. The Kier molecular flexibility index (Phi) is 3.95. The first-order valence-electron chi connectivity index (χ1n) is 11.0. The van der Waals surface area contributed by atoms with E-state index in [0.717, 1.165) is 17.1 Å². The number of aryl methyl sites for hydroxylation is 2. The van der Waals surface area contributed by atoms with Crippen LogP contribution in [0.3, 0.4) is 0 Å². The summed E-state index contributed by atoms with van der Waals surface area (Å²) in [6, 6.07) is 21.9. The van der Waals surface area contributed by atoms with Gasteiger partial charge in [0.15, 0.2) is 6.20 Å². The summed E-state index contributed by atoms with van der Waals surface area (Å²) in [4.78, 5) is 0. The summed E-state index contributed by atoms with van der Waals surface area (Å²) < 4.78 is 8.90. The average molecular weight is 393 g/mol. The topological polar surface area (TPSA) is 17.0 Å². The van der Waals surface area contributed by atoms with Crippen molar-refractivity contribution >= 4 is 32.7 Å². The molecule has 0 radical (unpaired) electrons. The molecule has 2 nitrogen and oxygen atoms in total. The Morgan fingerprint density at radius 2 is 1.57 bits per heavy atom. The largest absolute Gasteiger partial charge is 0.454 e. The minimum atomic E-state index is 0.722. The summed E-state index contributed by atoms with van der Waals surface area (Å²) in [5.74, 6) is 0.722. The number of pyridine rings is 1. The number of aromatic nitrogens is 1. The van der Waals surface area contributed by atoms with E-state index in [1.807, 2.05) is 0 Å². The van der Waals surface area contributed by atoms with Gasteiger partial charge in [-0.2, -0.15) is 0 Å². The smallest absolute Gasteiger partial charge is 0.216 e. The number of rotatable bonds is 2. The van der Waals surface area contributed by atoms with E-state index < -0.39 is 0 Å². The third-order valence-electron chi connectivity index (χ3n) is 6.98. The van der Waals surface area contributed by atoms with E-state index in [-0.39, 0.29) is 0 Å². The predicted octanol–water partition coefficient (Wildman–Crippen LogP) is 7.20. The molecule has 0 unspecified atom stereocenters. The molecule has 0 amide bonds. The van der Waals surface area contributed by atoms with Crippen molar-refractivity contribution in [2.45, 2.75) is 38.5 Å². The van der Waals surface area contributed by atoms with Gasteiger partial charge in [0.05, 0.1) is 5.56 Å². The Morgan fingerprint density at radius 3 is 2.40 bits per heavy atom. The monoisotopic (exact) mass is 392 g/mol. The molecule has 2 heterocycles. The molecule has 0 N–H and O–H groups in total. The highest BCUT2D eigenvalue weighted by Gasteiger charge is 2.24. The van der Waals surface area contributed by atoms with Gasteiger partial charge in [0.2, 0.25) is 5.69 Å². The molecule has 1 aliphatic carbocycles. The van der Waals surface area contributed by atoms with E-state index in [1.54, 1.807) is 0 Å². The Morgan fingerprint density at radius 1 is 0.800 bits per heavy atom. The third kappa shape index (κ3) is 2.60. The van der Waals surface area contributed by atoms with E-state index in [9.17, 15) is 0 Å². The average Bonchev–Trinajstić information content (AvgIpc) is 3.42. The van der Waals surface area contributed by atoms with Crippen LogP contribution in [0.2, 0.25) is 0 Å². The van der Waals surface area contributed by atoms with Crippen molar-refractivity contribution < 1.29 is 8.98 Å². The second kappa shape index (κ2) is 6.70. The minimum Gasteiger partial charge on any atom is -0.454 e. The molecular formula is C28H26NO+. The Balaban J connectivity index is 1.61. The number of fused-ring (bicyclic) bond motifs is 5. The molecule has 1 saturated carbocycles. The minimum absolute atomic E-state index is 0.722. The van der Waals surface area contributed by atoms with Crippen LogP contribution in [0.25, 0.3) is 44.0 Å². The lowest BCUT2D eigenvalue weighted by Crippen LogP contribution is -2.31. The number of hydrogen-bond donors (Lipinski definition) is 0. The zero-order chi connectivity index (χ0) is 20.2. The van der Waals surface area contributed by atoms with Gasteiger partial charge in [-0.05, 0) is 48.8 Å². The first-order chi connectivity index (χ1) is 14.7. The van der Waals surface area contributed by atoms with Crippen molar-refractivity contribution in [2.75, 3.05) is 0 Å². The van der Waals surface area contributed by atoms with Gasteiger partial charge in [0.1, 0.15) is 18.2 Å². The van der Waals surface area contributed by atoms with Gasteiger partial charge in [-0.25, -0.2) is 4.57 Å². The van der Waals surface area contributed by atoms with Crippen LogP contribution in [0, 0.1) is 6.92 Å². The summed E-state index contributed by atoms with van der Waals surface area (Å²) >= 11 is 0. The summed E-state index contributed by atoms with van der Waals surface area (Å²) in [5, 5.41) is 4.77. The molecule has 2 aromatic heterocycles. The van der Waals surface area contributed by atoms with Crippen LogP contribution >= 0.6 is 0 Å². The normalized spacial score (nSPS) is 15.0. The van der Waals surface area contributed by atoms with Crippen molar-refractivity contribution in [3.8, 4) is 11.3 Å². The van der Waals surface area contributed by atoms with Crippen LogP contribution in [0.15, 0.2) is 71.3 Å². The second-order valence-corrected chi connectivity index (χ2v) is 8.84. The Labute approximate surface area is 176 Å². The fourth-order valence-electron chi connectivity index (χ4n) is 5.37. The van der Waals surface area contributed by atoms with Crippen LogP contribution in [0.5, 0.6) is 0 Å². The first-order valence-corrected chi connectivity index (χ1v) is 11.0. The lowest BCUT2D eigenvalue weighted by molar-refractivity contribution is -0.660. The number of benzene rings is 3. The maximum absolute atomic E-state index is 6.60. The number of furan rings is 1. The predicted molar refractivity (Wildman–Crippen MR) is 124 cm³/mol. The molecule has 0 saturated heterocycles. The Bertz CT molecular complexity index is 1420. The van der Waals surface area contributed by atoms with Crippen LogP contribution < -0.4 is 4.57 Å². The summed E-state index contributed by atoms with van der Waals surface area (Å²) in [6.45, 7) is 2.19. The molecule has 2 heteroatoms. The maximum Gasteiger partial charge on any atom is 0.216 e. The van der Waals surface area contributed by atoms with E-state index in [4.69, 9.17) is 4.42 Å². The van der Waals surface area contributed by atoms with Crippen molar-refractivity contribution in [1.29, 1.82) is 0 Å². The van der Waals surface area contributed by atoms with Crippen molar-refractivity contribution in [3.05, 3.63) is 78.0 Å². The van der Waals surface area contributed by atoms with Gasteiger partial charge >= 0.3 is 0 Å². The number of hydrogen-bond acceptors (Lipinski definition) is 1. The van der Waals surface area contributed by atoms with Crippen molar-refractivity contribution in [1.82, 2.24) is 0 Å². The summed E-state index contributed by atoms with van der Waals surface area (Å²) in [5.41, 5.74) is 7.11. The molecule has 148 valence electrons. The fraction of sp³-hybridized carbons (Fsp3) is 0.250. The quantitative estimate of drug-likeness (QED) is 0.290. The van der Waals surface area contributed by atoms with E-state index in [2.05, 4.69) is 85.4 Å². The van der Waals surface area contributed by atoms with Gasteiger partial charge in [-0.3, -0.25) is 0 Å². The zero-order valence-electron chi connectivity index (χ0n) is 17.6. The van der Waals surface area contributed by atoms with E-state index >= 15 is 0 Å².